The van der Waals surface area contributed by atoms with Gasteiger partial charge in [0.2, 0.25) is 0 Å². The van der Waals surface area contributed by atoms with Crippen LogP contribution in [0.4, 0.5) is 0 Å². The molecule has 0 aromatic carbocycles. The summed E-state index contributed by atoms with van der Waals surface area (Å²) in [7, 11) is -8.51. The molecule has 8 nitrogen and oxygen atoms in total. The van der Waals surface area contributed by atoms with E-state index in [1.54, 1.807) is 0 Å². The Balaban J connectivity index is 3.87. The first kappa shape index (κ1) is 15.7. The van der Waals surface area contributed by atoms with E-state index >= 15 is 0 Å². The van der Waals surface area contributed by atoms with E-state index < -0.39 is 31.0 Å². The highest BCUT2D eigenvalue weighted by molar-refractivity contribution is 7.86. The second-order valence-corrected chi connectivity index (χ2v) is 6.66. The summed E-state index contributed by atoms with van der Waals surface area (Å²) in [6.45, 7) is 0. The maximum Gasteiger partial charge on any atom is 0.280 e. The summed E-state index contributed by atoms with van der Waals surface area (Å²) in [4.78, 5) is 0. The molecule has 0 aliphatic heterocycles. The predicted molar refractivity (Wildman–Crippen MR) is 57.5 cm³/mol. The fourth-order valence-corrected chi connectivity index (χ4v) is 1.92. The molecule has 16 heavy (non-hydrogen) atoms. The number of hydrogen-bond acceptors (Lipinski definition) is 6. The Morgan fingerprint density at radius 1 is 0.812 bits per heavy atom. The third kappa shape index (κ3) is 6.35. The largest absolute Gasteiger partial charge is 0.313 e. The Hall–Kier alpha value is -0.260. The van der Waals surface area contributed by atoms with Gasteiger partial charge in [-0.1, -0.05) is 12.8 Å². The minimum atomic E-state index is -4.25. The van der Waals surface area contributed by atoms with E-state index in [0.717, 1.165) is 0 Å². The molecule has 0 heterocycles. The minimum absolute atomic E-state index is 0.00295. The predicted octanol–water partition coefficient (Wildman–Crippen LogP) is -1.11. The second-order valence-electron chi connectivity index (χ2n) is 3.39. The normalized spacial score (nSPS) is 17.0. The maximum atomic E-state index is 10.5. The quantitative estimate of drug-likeness (QED) is 0.336. The zero-order valence-corrected chi connectivity index (χ0v) is 10.1. The van der Waals surface area contributed by atoms with Crippen LogP contribution >= 0.6 is 0 Å². The maximum absolute atomic E-state index is 10.5. The highest BCUT2D eigenvalue weighted by Gasteiger charge is 2.19. The molecule has 0 spiro atoms. The molecule has 0 radical (unpaired) electrons. The first-order valence-electron chi connectivity index (χ1n) is 4.49. The molecule has 98 valence electrons. The Labute approximate surface area is 94.5 Å². The number of rotatable bonds is 7. The summed E-state index contributed by atoms with van der Waals surface area (Å²) in [5.74, 6) is 0. The summed E-state index contributed by atoms with van der Waals surface area (Å²) in [6.07, 6.45) is 0.558. The molecule has 0 saturated heterocycles. The molecule has 0 bridgehead atoms. The van der Waals surface area contributed by atoms with E-state index in [1.807, 2.05) is 0 Å². The van der Waals surface area contributed by atoms with Crippen LogP contribution in [0.3, 0.4) is 0 Å². The fourth-order valence-electron chi connectivity index (χ4n) is 0.989. The summed E-state index contributed by atoms with van der Waals surface area (Å²) in [6, 6.07) is 0. The lowest BCUT2D eigenvalue weighted by atomic mass is 10.2. The van der Waals surface area contributed by atoms with E-state index in [-0.39, 0.29) is 25.7 Å². The lowest BCUT2D eigenvalue weighted by molar-refractivity contribution is 0.449. The molecule has 0 aromatic heterocycles. The average Bonchev–Trinajstić information content (AvgIpc) is 2.08. The molecule has 2 atom stereocenters. The lowest BCUT2D eigenvalue weighted by Crippen LogP contribution is -2.31. The third-order valence-corrected chi connectivity index (χ3v) is 3.99. The summed E-state index contributed by atoms with van der Waals surface area (Å²) in [5.41, 5.74) is 10.2. The second kappa shape index (κ2) is 5.89. The highest BCUT2D eigenvalue weighted by Crippen LogP contribution is 2.09. The Morgan fingerprint density at radius 3 is 1.25 bits per heavy atom. The summed E-state index contributed by atoms with van der Waals surface area (Å²) >= 11 is 0. The molecular weight excluding hydrogens is 260 g/mol. The van der Waals surface area contributed by atoms with Gasteiger partial charge in [0, 0.05) is 0 Å². The van der Waals surface area contributed by atoms with Crippen molar-refractivity contribution < 1.29 is 25.9 Å². The van der Waals surface area contributed by atoms with Gasteiger partial charge in [-0.25, -0.2) is 0 Å². The van der Waals surface area contributed by atoms with Gasteiger partial charge in [-0.2, -0.15) is 16.8 Å². The van der Waals surface area contributed by atoms with Crippen LogP contribution in [0.2, 0.25) is 0 Å². The van der Waals surface area contributed by atoms with Crippen LogP contribution in [0.25, 0.3) is 0 Å². The van der Waals surface area contributed by atoms with Gasteiger partial charge < -0.3 is 11.5 Å². The van der Waals surface area contributed by atoms with Crippen molar-refractivity contribution in [2.24, 2.45) is 11.5 Å². The van der Waals surface area contributed by atoms with Gasteiger partial charge in [0.05, 0.1) is 0 Å². The van der Waals surface area contributed by atoms with E-state index in [0.29, 0.717) is 0 Å². The number of unbranched alkanes of at least 4 members (excludes halogenated alkanes) is 1. The van der Waals surface area contributed by atoms with Crippen molar-refractivity contribution in [2.45, 2.75) is 36.4 Å². The highest BCUT2D eigenvalue weighted by atomic mass is 32.2. The SMILES string of the molecule is NC(CCCCC(N)S(=O)(=O)O)S(=O)(=O)O. The van der Waals surface area contributed by atoms with E-state index in [4.69, 9.17) is 20.6 Å². The van der Waals surface area contributed by atoms with Crippen LogP contribution in [-0.4, -0.2) is 36.7 Å². The Kier molecular flexibility index (Phi) is 5.79. The molecule has 2 unspecified atom stereocenters. The molecule has 0 saturated carbocycles. The van der Waals surface area contributed by atoms with E-state index in [1.165, 1.54) is 0 Å². The first-order valence-corrected chi connectivity index (χ1v) is 7.49. The van der Waals surface area contributed by atoms with Crippen molar-refractivity contribution in [1.82, 2.24) is 0 Å². The zero-order valence-electron chi connectivity index (χ0n) is 8.48. The van der Waals surface area contributed by atoms with E-state index in [2.05, 4.69) is 0 Å². The van der Waals surface area contributed by atoms with Crippen LogP contribution in [0, 0.1) is 0 Å². The smallest absolute Gasteiger partial charge is 0.280 e. The Morgan fingerprint density at radius 2 is 1.06 bits per heavy atom. The summed E-state index contributed by atoms with van der Waals surface area (Å²) in [5, 5.41) is -2.76. The van der Waals surface area contributed by atoms with Crippen molar-refractivity contribution in [3.05, 3.63) is 0 Å². The molecule has 0 fully saturated rings. The molecule has 0 rings (SSSR count). The topological polar surface area (TPSA) is 161 Å². The average molecular weight is 276 g/mol. The van der Waals surface area contributed by atoms with Crippen LogP contribution in [0.5, 0.6) is 0 Å². The van der Waals surface area contributed by atoms with Gasteiger partial charge >= 0.3 is 0 Å². The molecule has 0 aliphatic rings. The third-order valence-electron chi connectivity index (χ3n) is 1.99. The van der Waals surface area contributed by atoms with Gasteiger partial charge in [-0.05, 0) is 12.8 Å². The van der Waals surface area contributed by atoms with Gasteiger partial charge in [-0.15, -0.1) is 0 Å². The van der Waals surface area contributed by atoms with Crippen molar-refractivity contribution in [3.63, 3.8) is 0 Å². The van der Waals surface area contributed by atoms with Gasteiger partial charge in [0.15, 0.2) is 0 Å². The van der Waals surface area contributed by atoms with Gasteiger partial charge in [0.1, 0.15) is 10.7 Å². The van der Waals surface area contributed by atoms with Gasteiger partial charge in [0.25, 0.3) is 20.2 Å². The fraction of sp³-hybridized carbons (Fsp3) is 1.00. The number of nitrogens with two attached hydrogens (primary N) is 2. The van der Waals surface area contributed by atoms with Crippen LogP contribution < -0.4 is 11.5 Å². The van der Waals surface area contributed by atoms with Gasteiger partial charge in [-0.3, -0.25) is 9.11 Å². The minimum Gasteiger partial charge on any atom is -0.313 e. The van der Waals surface area contributed by atoms with Crippen LogP contribution in [0.15, 0.2) is 0 Å². The van der Waals surface area contributed by atoms with Crippen molar-refractivity contribution in [3.8, 4) is 0 Å². The standard InChI is InChI=1S/C6H16N2O6S2/c7-5(15(9,10)11)3-1-2-4-6(8)16(12,13)14/h5-6H,1-4,7-8H2,(H,9,10,11)(H,12,13,14). The monoisotopic (exact) mass is 276 g/mol. The molecule has 0 aliphatic carbocycles. The molecule has 10 heteroatoms. The Bertz CT molecular complexity index is 363. The van der Waals surface area contributed by atoms with E-state index in [9.17, 15) is 16.8 Å². The molecule has 0 amide bonds. The molecule has 0 aromatic rings. The first-order chi connectivity index (χ1) is 7.05. The van der Waals surface area contributed by atoms with Crippen molar-refractivity contribution >= 4 is 20.2 Å². The molecular formula is C6H16N2O6S2. The zero-order chi connectivity index (χ0) is 13.0. The molecule has 6 N–H and O–H groups in total. The summed E-state index contributed by atoms with van der Waals surface area (Å²) < 4.78 is 59.0. The lowest BCUT2D eigenvalue weighted by Gasteiger charge is -2.09. The van der Waals surface area contributed by atoms with Crippen LogP contribution in [-0.2, 0) is 20.2 Å². The van der Waals surface area contributed by atoms with Crippen molar-refractivity contribution in [2.75, 3.05) is 0 Å². The van der Waals surface area contributed by atoms with Crippen molar-refractivity contribution in [1.29, 1.82) is 0 Å². The van der Waals surface area contributed by atoms with Crippen LogP contribution in [0.1, 0.15) is 25.7 Å². The number of hydrogen-bond donors (Lipinski definition) is 4.